The molecule has 27 heavy (non-hydrogen) atoms. The molecule has 0 aromatic carbocycles. The van der Waals surface area contributed by atoms with Crippen LogP contribution in [-0.2, 0) is 14.4 Å². The van der Waals surface area contributed by atoms with Crippen molar-refractivity contribution in [2.45, 2.75) is 65.1 Å². The first-order valence-electron chi connectivity index (χ1n) is 8.60. The van der Waals surface area contributed by atoms with Crippen molar-refractivity contribution in [2.24, 2.45) is 0 Å². The van der Waals surface area contributed by atoms with Gasteiger partial charge in [0.25, 0.3) is 0 Å². The third-order valence-corrected chi connectivity index (χ3v) is 4.27. The van der Waals surface area contributed by atoms with E-state index in [1.807, 2.05) is 6.92 Å². The molecule has 3 N–H and O–H groups in total. The molecule has 0 aromatic rings. The molecule has 0 aliphatic rings. The molecule has 0 bridgehead atoms. The molecule has 10 heteroatoms. The molecule has 3 unspecified atom stereocenters. The van der Waals surface area contributed by atoms with Gasteiger partial charge in [-0.25, -0.2) is 4.79 Å². The van der Waals surface area contributed by atoms with Gasteiger partial charge >= 0.3 is 36.8 Å². The second-order valence-corrected chi connectivity index (χ2v) is 6.22. The quantitative estimate of drug-likeness (QED) is 0.232. The van der Waals surface area contributed by atoms with Crippen LogP contribution in [0.15, 0.2) is 12.0 Å². The van der Waals surface area contributed by atoms with Crippen LogP contribution in [-0.4, -0.2) is 74.2 Å². The molecule has 0 saturated heterocycles. The van der Waals surface area contributed by atoms with E-state index in [1.54, 1.807) is 0 Å². The van der Waals surface area contributed by atoms with Crippen LogP contribution in [0, 0.1) is 0 Å². The first kappa shape index (κ1) is 27.5. The van der Waals surface area contributed by atoms with Gasteiger partial charge < -0.3 is 25.3 Å². The van der Waals surface area contributed by atoms with Gasteiger partial charge in [0.1, 0.15) is 18.1 Å². The number of nitrogens with zero attached hydrogens (tertiary/aromatic N) is 2. The summed E-state index contributed by atoms with van der Waals surface area (Å²) < 4.78 is 0. The van der Waals surface area contributed by atoms with E-state index in [2.05, 4.69) is 0 Å². The normalized spacial score (nSPS) is 14.8. The van der Waals surface area contributed by atoms with Crippen LogP contribution in [0.1, 0.15) is 47.0 Å². The van der Waals surface area contributed by atoms with Crippen molar-refractivity contribution in [1.29, 1.82) is 0 Å². The molecule has 0 aromatic heterocycles. The van der Waals surface area contributed by atoms with Crippen molar-refractivity contribution >= 4 is 17.9 Å². The van der Waals surface area contributed by atoms with Crippen LogP contribution in [0.5, 0.6) is 0 Å². The summed E-state index contributed by atoms with van der Waals surface area (Å²) in [5, 5.41) is 39.6. The Bertz CT molecular complexity index is 507. The fourth-order valence-corrected chi connectivity index (χ4v) is 2.35. The number of unbranched alkanes of at least 4 members (excludes halogenated alkanes) is 1. The van der Waals surface area contributed by atoms with Crippen molar-refractivity contribution < 1.29 is 53.7 Å². The van der Waals surface area contributed by atoms with E-state index in [1.165, 1.54) is 36.8 Å². The summed E-state index contributed by atoms with van der Waals surface area (Å²) in [6.07, 6.45) is 3.03. The number of rotatable bonds is 13. The third-order valence-electron chi connectivity index (χ3n) is 4.27. The SMILES string of the molecule is CCCC/C([O-])=C/N(CCN(C(C)C(=O)O)C(C)C(=O)O)C(C)C(=O)O.[Li+]. The summed E-state index contributed by atoms with van der Waals surface area (Å²) in [5.74, 6) is -3.71. The van der Waals surface area contributed by atoms with Gasteiger partial charge in [-0.1, -0.05) is 19.8 Å². The molecule has 0 aliphatic carbocycles. The van der Waals surface area contributed by atoms with Crippen molar-refractivity contribution in [2.75, 3.05) is 13.1 Å². The van der Waals surface area contributed by atoms with Crippen molar-refractivity contribution in [1.82, 2.24) is 9.80 Å². The van der Waals surface area contributed by atoms with Crippen molar-refractivity contribution in [3.63, 3.8) is 0 Å². The Labute approximate surface area is 171 Å². The van der Waals surface area contributed by atoms with Gasteiger partial charge in [0.05, 0.1) is 0 Å². The minimum absolute atomic E-state index is 0. The Morgan fingerprint density at radius 3 is 1.74 bits per heavy atom. The van der Waals surface area contributed by atoms with E-state index in [0.29, 0.717) is 12.8 Å². The van der Waals surface area contributed by atoms with Crippen LogP contribution in [0.25, 0.3) is 0 Å². The van der Waals surface area contributed by atoms with Crippen LogP contribution >= 0.6 is 0 Å². The predicted molar refractivity (Wildman–Crippen MR) is 92.3 cm³/mol. The van der Waals surface area contributed by atoms with E-state index >= 15 is 0 Å². The Kier molecular flexibility index (Phi) is 13.7. The van der Waals surface area contributed by atoms with Crippen molar-refractivity contribution in [3.8, 4) is 0 Å². The molecular weight excluding hydrogens is 351 g/mol. The van der Waals surface area contributed by atoms with Crippen molar-refractivity contribution in [3.05, 3.63) is 12.0 Å². The molecule has 0 rings (SSSR count). The summed E-state index contributed by atoms with van der Waals surface area (Å²) in [6, 6.07) is -3.14. The second-order valence-electron chi connectivity index (χ2n) is 6.22. The maximum atomic E-state index is 12.0. The molecule has 0 spiro atoms. The smallest absolute Gasteiger partial charge is 0.874 e. The zero-order valence-electron chi connectivity index (χ0n) is 16.7. The summed E-state index contributed by atoms with van der Waals surface area (Å²) in [5.41, 5.74) is 0. The molecule has 9 nitrogen and oxygen atoms in total. The minimum Gasteiger partial charge on any atom is -0.874 e. The third kappa shape index (κ3) is 9.70. The summed E-state index contributed by atoms with van der Waals surface area (Å²) >= 11 is 0. The van der Waals surface area contributed by atoms with E-state index in [-0.39, 0.29) is 37.7 Å². The molecular formula is C17H29LiN2O7. The van der Waals surface area contributed by atoms with Gasteiger partial charge in [-0.15, -0.1) is 5.76 Å². The van der Waals surface area contributed by atoms with Gasteiger partial charge in [-0.05, 0) is 33.4 Å². The first-order valence-corrected chi connectivity index (χ1v) is 8.60. The summed E-state index contributed by atoms with van der Waals surface area (Å²) in [7, 11) is 0. The van der Waals surface area contributed by atoms with Gasteiger partial charge in [0, 0.05) is 13.1 Å². The number of hydrogen-bond donors (Lipinski definition) is 3. The number of hydrogen-bond acceptors (Lipinski definition) is 6. The molecule has 150 valence electrons. The van der Waals surface area contributed by atoms with E-state index < -0.39 is 36.0 Å². The zero-order valence-corrected chi connectivity index (χ0v) is 16.7. The molecule has 0 fully saturated rings. The maximum Gasteiger partial charge on any atom is 1.00 e. The van der Waals surface area contributed by atoms with Gasteiger partial charge in [-0.2, -0.15) is 0 Å². The van der Waals surface area contributed by atoms with Crippen LogP contribution in [0.2, 0.25) is 0 Å². The van der Waals surface area contributed by atoms with E-state index in [9.17, 15) is 34.8 Å². The standard InChI is InChI=1S/C17H30N2O7.Li/c1-5-6-7-14(20)10-18(11(2)15(21)22)8-9-19(12(3)16(23)24)13(4)17(25)26;/h10-13,20H,5-9H2,1-4H3,(H,21,22)(H,23,24)(H,25,26);/q;+1/p-1/b14-10-;. The molecule has 3 atom stereocenters. The first-order chi connectivity index (χ1) is 12.0. The molecule has 0 aliphatic heterocycles. The van der Waals surface area contributed by atoms with E-state index in [4.69, 9.17) is 0 Å². The number of aliphatic carboxylic acids is 3. The fourth-order valence-electron chi connectivity index (χ4n) is 2.35. The Hall–Kier alpha value is -1.69. The minimum atomic E-state index is -1.18. The summed E-state index contributed by atoms with van der Waals surface area (Å²) in [6.45, 7) is 6.07. The molecule has 0 saturated carbocycles. The number of allylic oxidation sites excluding steroid dienone is 1. The van der Waals surface area contributed by atoms with Crippen LogP contribution < -0.4 is 24.0 Å². The average Bonchev–Trinajstić information content (AvgIpc) is 2.57. The largest absolute Gasteiger partial charge is 1.00 e. The topological polar surface area (TPSA) is 141 Å². The van der Waals surface area contributed by atoms with Gasteiger partial charge in [0.2, 0.25) is 0 Å². The number of carboxylic acids is 3. The van der Waals surface area contributed by atoms with Gasteiger partial charge in [0.15, 0.2) is 0 Å². The molecule has 0 amide bonds. The monoisotopic (exact) mass is 380 g/mol. The Balaban J connectivity index is 0. The average molecular weight is 380 g/mol. The Morgan fingerprint density at radius 2 is 1.37 bits per heavy atom. The second kappa shape index (κ2) is 13.5. The number of carboxylic acid groups (broad SMARTS) is 3. The summed E-state index contributed by atoms with van der Waals surface area (Å²) in [4.78, 5) is 36.3. The Morgan fingerprint density at radius 1 is 0.926 bits per heavy atom. The maximum absolute atomic E-state index is 12.0. The predicted octanol–water partition coefficient (Wildman–Crippen LogP) is -2.59. The number of carbonyl (C=O) groups is 3. The fraction of sp³-hybridized carbons (Fsp3) is 0.706. The van der Waals surface area contributed by atoms with Crippen LogP contribution in [0.3, 0.4) is 0 Å². The van der Waals surface area contributed by atoms with Crippen LogP contribution in [0.4, 0.5) is 0 Å². The molecule has 0 radical (unpaired) electrons. The van der Waals surface area contributed by atoms with Gasteiger partial charge in [-0.3, -0.25) is 14.5 Å². The van der Waals surface area contributed by atoms with E-state index in [0.717, 1.165) is 6.42 Å². The molecule has 0 heterocycles. The zero-order chi connectivity index (χ0) is 20.4.